The summed E-state index contributed by atoms with van der Waals surface area (Å²) in [5, 5.41) is 13.0. The Kier molecular flexibility index (Phi) is 20.3. The maximum atomic E-state index is 15.6. The number of aldehydes is 2. The number of nitrogens with one attached hydrogen (secondary N) is 1. The molecule has 0 spiro atoms. The number of carbonyl (C=O) groups excluding carboxylic acids is 9. The smallest absolute Gasteiger partial charge is 0.345 e. The zero-order chi connectivity index (χ0) is 58.2. The molecule has 4 aliphatic rings. The third-order valence-corrected chi connectivity index (χ3v) is 16.0. The van der Waals surface area contributed by atoms with E-state index < -0.39 is 119 Å². The number of carbonyl (C=O) groups is 10. The van der Waals surface area contributed by atoms with E-state index >= 15 is 8.78 Å². The molecule has 2 N–H and O–H groups in total. The molecule has 3 amide bonds. The van der Waals surface area contributed by atoms with Crippen LogP contribution in [-0.4, -0.2) is 181 Å². The number of aliphatic carboxylic acids is 1. The van der Waals surface area contributed by atoms with Gasteiger partial charge in [-0.1, -0.05) is 48.5 Å². The summed E-state index contributed by atoms with van der Waals surface area (Å²) in [5.41, 5.74) is -4.29. The molecule has 2 aliphatic heterocycles. The van der Waals surface area contributed by atoms with E-state index in [0.717, 1.165) is 88.4 Å². The molecule has 6 atom stereocenters. The van der Waals surface area contributed by atoms with Gasteiger partial charge in [-0.05, 0) is 120 Å². The van der Waals surface area contributed by atoms with Crippen molar-refractivity contribution in [2.75, 3.05) is 54.6 Å². The van der Waals surface area contributed by atoms with Crippen molar-refractivity contribution >= 4 is 59.8 Å². The van der Waals surface area contributed by atoms with Crippen molar-refractivity contribution in [3.05, 3.63) is 70.8 Å². The third kappa shape index (κ3) is 15.3. The summed E-state index contributed by atoms with van der Waals surface area (Å²) in [5.74, 6) is -12.9. The molecule has 2 saturated heterocycles. The Hall–Kier alpha value is -6.32. The zero-order valence-electron chi connectivity index (χ0n) is 46.5. The molecule has 432 valence electrons. The number of carboxylic acids is 1. The van der Waals surface area contributed by atoms with E-state index in [-0.39, 0.29) is 50.1 Å². The van der Waals surface area contributed by atoms with Crippen molar-refractivity contribution in [1.82, 2.24) is 20.0 Å². The predicted molar refractivity (Wildman–Crippen MR) is 281 cm³/mol. The lowest BCUT2D eigenvalue weighted by molar-refractivity contribution is -0.171. The van der Waals surface area contributed by atoms with Gasteiger partial charge in [0.05, 0.1) is 5.54 Å². The molecular weight excluding hydrogens is 1030 g/mol. The van der Waals surface area contributed by atoms with Crippen LogP contribution in [0.4, 0.5) is 8.78 Å². The normalized spacial score (nSPS) is 19.4. The first-order valence-electron chi connectivity index (χ1n) is 27.0. The molecule has 2 aromatic carbocycles. The van der Waals surface area contributed by atoms with Crippen LogP contribution in [0.2, 0.25) is 0 Å². The number of alkyl halides is 2. The molecule has 21 heteroatoms. The first-order valence-corrected chi connectivity index (χ1v) is 27.0. The fourth-order valence-electron chi connectivity index (χ4n) is 10.6. The van der Waals surface area contributed by atoms with Crippen molar-refractivity contribution in [3.8, 4) is 0 Å². The lowest BCUT2D eigenvalue weighted by Gasteiger charge is -2.35. The number of ether oxygens (including phenoxy) is 4. The summed E-state index contributed by atoms with van der Waals surface area (Å²) in [6, 6.07) is 10.7. The third-order valence-electron chi connectivity index (χ3n) is 16.0. The lowest BCUT2D eigenvalue weighted by Crippen LogP contribution is -2.56. The number of benzene rings is 2. The highest BCUT2D eigenvalue weighted by molar-refractivity contribution is 6.18. The van der Waals surface area contributed by atoms with Crippen LogP contribution in [0, 0.1) is 11.8 Å². The van der Waals surface area contributed by atoms with Crippen LogP contribution in [0.15, 0.2) is 48.5 Å². The van der Waals surface area contributed by atoms with Crippen LogP contribution < -0.4 is 5.32 Å². The largest absolute Gasteiger partial charge is 0.478 e. The molecule has 6 unspecified atom stereocenters. The van der Waals surface area contributed by atoms with E-state index in [0.29, 0.717) is 55.3 Å². The lowest BCUT2D eigenvalue weighted by atomic mass is 9.90. The van der Waals surface area contributed by atoms with Crippen LogP contribution >= 0.6 is 0 Å². The SMILES string of the molecule is CNC1(C(=O)C(C=O)C(=O)N(C)C(CC(C)(C)F)C(=O)OC(Cc2ccc(C3CCOCC3)cc2)C(=O)N(C)C2(C(=O)C(C=O)C(=O)N(C)C(CC(C)(C)F)C(=O)OC(Cc3ccc(C4CCOCC4)cc3)C(=O)O)CC2)CC1. The van der Waals surface area contributed by atoms with Crippen molar-refractivity contribution in [2.45, 2.75) is 163 Å². The van der Waals surface area contributed by atoms with Gasteiger partial charge in [0, 0.05) is 73.3 Å². The standard InChI is InChI=1S/C58H76F2N4O15/c1-55(2,59)31-43(62(6)49(69)41(33-65)47(67)57(61-5)21-22-57)53(74)78-45(29-35-9-13-37(14-10-35)39-17-25-76-26-18-39)51(71)64(8)58(23-24-58)48(68)42(34-66)50(70)63(7)44(32-56(3,4)60)54(75)79-46(52(72)73)30-36-11-15-38(16-12-36)40-19-27-77-28-20-40/h9-16,33-34,39-46,61H,17-32H2,1-8H3,(H,72,73). The fourth-order valence-corrected chi connectivity index (χ4v) is 10.6. The van der Waals surface area contributed by atoms with Gasteiger partial charge in [-0.25, -0.2) is 23.2 Å². The van der Waals surface area contributed by atoms with Crippen LogP contribution in [0.3, 0.4) is 0 Å². The average molecular weight is 1110 g/mol. The van der Waals surface area contributed by atoms with Crippen LogP contribution in [0.25, 0.3) is 0 Å². The molecule has 79 heavy (non-hydrogen) atoms. The van der Waals surface area contributed by atoms with Crippen LogP contribution in [0.1, 0.15) is 126 Å². The van der Waals surface area contributed by atoms with Gasteiger partial charge < -0.3 is 53.7 Å². The number of hydrogen-bond donors (Lipinski definition) is 2. The number of nitrogens with zero attached hydrogens (tertiary/aromatic N) is 3. The quantitative estimate of drug-likeness (QED) is 0.0671. The number of halogens is 2. The van der Waals surface area contributed by atoms with Gasteiger partial charge in [-0.2, -0.15) is 0 Å². The Balaban J connectivity index is 1.24. The van der Waals surface area contributed by atoms with E-state index in [1.54, 1.807) is 24.3 Å². The van der Waals surface area contributed by atoms with Gasteiger partial charge >= 0.3 is 17.9 Å². The summed E-state index contributed by atoms with van der Waals surface area (Å²) in [7, 11) is 4.88. The number of ketones is 2. The Morgan fingerprint density at radius 1 is 0.633 bits per heavy atom. The van der Waals surface area contributed by atoms with Gasteiger partial charge in [-0.15, -0.1) is 0 Å². The van der Waals surface area contributed by atoms with Crippen LogP contribution in [-0.2, 0) is 79.7 Å². The Labute approximate surface area is 459 Å². The second kappa shape index (κ2) is 25.9. The summed E-state index contributed by atoms with van der Waals surface area (Å²) in [6.45, 7) is 6.89. The fraction of sp³-hybridized carbons (Fsp3) is 0.621. The molecule has 0 radical (unpaired) electrons. The topological polar surface area (TPSA) is 250 Å². The van der Waals surface area contributed by atoms with E-state index in [4.69, 9.17) is 18.9 Å². The van der Waals surface area contributed by atoms with Crippen molar-refractivity contribution in [3.63, 3.8) is 0 Å². The number of esters is 2. The zero-order valence-corrected chi connectivity index (χ0v) is 46.5. The molecule has 2 heterocycles. The molecule has 4 fully saturated rings. The molecule has 2 aromatic rings. The Morgan fingerprint density at radius 2 is 1.01 bits per heavy atom. The predicted octanol–water partition coefficient (Wildman–Crippen LogP) is 4.61. The highest BCUT2D eigenvalue weighted by atomic mass is 19.1. The number of amides is 3. The van der Waals surface area contributed by atoms with Crippen molar-refractivity contribution in [1.29, 1.82) is 0 Å². The number of hydrogen-bond acceptors (Lipinski definition) is 15. The van der Waals surface area contributed by atoms with Crippen molar-refractivity contribution in [2.24, 2.45) is 11.8 Å². The maximum Gasteiger partial charge on any atom is 0.345 e. The van der Waals surface area contributed by atoms with Gasteiger partial charge in [0.2, 0.25) is 17.9 Å². The molecule has 0 aromatic heterocycles. The minimum absolute atomic E-state index is 0.0270. The molecule has 19 nitrogen and oxygen atoms in total. The van der Waals surface area contributed by atoms with E-state index in [1.807, 2.05) is 24.3 Å². The number of likely N-dealkylation sites (N-methyl/N-ethyl adjacent to an activating group) is 4. The second-order valence-electron chi connectivity index (χ2n) is 22.8. The summed E-state index contributed by atoms with van der Waals surface area (Å²) in [6.07, 6.45) is -1.67. The van der Waals surface area contributed by atoms with Crippen molar-refractivity contribution < 1.29 is 80.8 Å². The first kappa shape index (κ1) is 61.9. The highest BCUT2D eigenvalue weighted by Gasteiger charge is 2.60. The van der Waals surface area contributed by atoms with Gasteiger partial charge in [0.1, 0.15) is 41.5 Å². The van der Waals surface area contributed by atoms with Gasteiger partial charge in [-0.3, -0.25) is 24.0 Å². The monoisotopic (exact) mass is 1110 g/mol. The van der Waals surface area contributed by atoms with E-state index in [2.05, 4.69) is 5.32 Å². The van der Waals surface area contributed by atoms with E-state index in [1.165, 1.54) is 14.1 Å². The summed E-state index contributed by atoms with van der Waals surface area (Å²) < 4.78 is 53.5. The number of Topliss-reactive ketones (excluding diaryl/α,β-unsaturated/α-hetero) is 2. The molecule has 6 rings (SSSR count). The summed E-state index contributed by atoms with van der Waals surface area (Å²) in [4.78, 5) is 140. The number of carboxylic acid groups (broad SMARTS) is 1. The maximum absolute atomic E-state index is 15.6. The number of rotatable bonds is 28. The molecule has 0 bridgehead atoms. The summed E-state index contributed by atoms with van der Waals surface area (Å²) >= 11 is 0. The van der Waals surface area contributed by atoms with E-state index in [9.17, 15) is 53.1 Å². The minimum Gasteiger partial charge on any atom is -0.478 e. The van der Waals surface area contributed by atoms with Gasteiger partial charge in [0.25, 0.3) is 5.91 Å². The highest BCUT2D eigenvalue weighted by Crippen LogP contribution is 2.45. The first-order chi connectivity index (χ1) is 37.2. The average Bonchev–Trinajstić information content (AvgIpc) is 4.48. The van der Waals surface area contributed by atoms with Crippen LogP contribution in [0.5, 0.6) is 0 Å². The Morgan fingerprint density at radius 3 is 1.35 bits per heavy atom. The molecule has 2 saturated carbocycles. The molecular formula is C58H76F2N4O15. The Bertz CT molecular complexity index is 2560. The van der Waals surface area contributed by atoms with Gasteiger partial charge in [0.15, 0.2) is 29.5 Å². The minimum atomic E-state index is -2.19. The second-order valence-corrected chi connectivity index (χ2v) is 22.8. The molecule has 2 aliphatic carbocycles.